The second kappa shape index (κ2) is 8.44. The molecule has 2 heterocycles. The standard InChI is InChI=1S/C22H27N3O2/c26-22(23-15-20-14-18-8-4-5-9-21(18)27-20)24-19-10-12-25(13-11-19)16-17-6-2-1-3-7-17/h1-9,19-20H,10-16H2,(H2,23,24,26). The van der Waals surface area contributed by atoms with Crippen molar-refractivity contribution in [2.45, 2.75) is 38.0 Å². The van der Waals surface area contributed by atoms with Crippen molar-refractivity contribution in [1.29, 1.82) is 0 Å². The van der Waals surface area contributed by atoms with Crippen LogP contribution in [-0.2, 0) is 13.0 Å². The van der Waals surface area contributed by atoms with E-state index in [1.807, 2.05) is 24.3 Å². The summed E-state index contributed by atoms with van der Waals surface area (Å²) >= 11 is 0. The third kappa shape index (κ3) is 4.80. The van der Waals surface area contributed by atoms with Crippen LogP contribution in [0.5, 0.6) is 5.75 Å². The van der Waals surface area contributed by atoms with Crippen LogP contribution in [0.3, 0.4) is 0 Å². The first-order valence-corrected chi connectivity index (χ1v) is 9.81. The number of fused-ring (bicyclic) bond motifs is 1. The van der Waals surface area contributed by atoms with Gasteiger partial charge >= 0.3 is 6.03 Å². The molecule has 2 aliphatic rings. The van der Waals surface area contributed by atoms with Crippen LogP contribution in [0.4, 0.5) is 4.79 Å². The highest BCUT2D eigenvalue weighted by Gasteiger charge is 2.24. The fourth-order valence-electron chi connectivity index (χ4n) is 3.89. The van der Waals surface area contributed by atoms with Gasteiger partial charge in [0, 0.05) is 32.1 Å². The highest BCUT2D eigenvalue weighted by atomic mass is 16.5. The Morgan fingerprint density at radius 3 is 2.56 bits per heavy atom. The minimum atomic E-state index is -0.0870. The third-order valence-electron chi connectivity index (χ3n) is 5.38. The molecule has 0 spiro atoms. The first-order valence-electron chi connectivity index (χ1n) is 9.81. The number of carbonyl (C=O) groups excluding carboxylic acids is 1. The van der Waals surface area contributed by atoms with E-state index in [9.17, 15) is 4.79 Å². The Bertz CT molecular complexity index is 732. The Kier molecular flexibility index (Phi) is 5.58. The number of urea groups is 1. The van der Waals surface area contributed by atoms with Gasteiger partial charge in [0.25, 0.3) is 0 Å². The van der Waals surface area contributed by atoms with Gasteiger partial charge in [-0.25, -0.2) is 4.79 Å². The number of nitrogens with one attached hydrogen (secondary N) is 2. The van der Waals surface area contributed by atoms with Gasteiger partial charge < -0.3 is 15.4 Å². The summed E-state index contributed by atoms with van der Waals surface area (Å²) in [5, 5.41) is 6.09. The van der Waals surface area contributed by atoms with Crippen LogP contribution in [0.15, 0.2) is 54.6 Å². The van der Waals surface area contributed by atoms with Gasteiger partial charge in [-0.2, -0.15) is 0 Å². The molecule has 2 aromatic rings. The zero-order valence-electron chi connectivity index (χ0n) is 15.6. The summed E-state index contributed by atoms with van der Waals surface area (Å²) in [6.45, 7) is 3.55. The summed E-state index contributed by atoms with van der Waals surface area (Å²) < 4.78 is 5.87. The minimum absolute atomic E-state index is 0.0286. The van der Waals surface area contributed by atoms with Gasteiger partial charge in [0.1, 0.15) is 11.9 Å². The molecule has 2 aliphatic heterocycles. The molecule has 0 saturated carbocycles. The summed E-state index contributed by atoms with van der Waals surface area (Å²) in [5.74, 6) is 0.940. The molecule has 0 aliphatic carbocycles. The van der Waals surface area contributed by atoms with E-state index in [1.165, 1.54) is 11.1 Å². The number of nitrogens with zero attached hydrogens (tertiary/aromatic N) is 1. The monoisotopic (exact) mass is 365 g/mol. The number of para-hydroxylation sites is 1. The van der Waals surface area contributed by atoms with Crippen molar-refractivity contribution in [3.8, 4) is 5.75 Å². The predicted molar refractivity (Wildman–Crippen MR) is 106 cm³/mol. The molecule has 2 amide bonds. The summed E-state index contributed by atoms with van der Waals surface area (Å²) in [6, 6.07) is 18.8. The maximum Gasteiger partial charge on any atom is 0.315 e. The summed E-state index contributed by atoms with van der Waals surface area (Å²) in [6.07, 6.45) is 2.87. The van der Waals surface area contributed by atoms with Gasteiger partial charge in [-0.1, -0.05) is 48.5 Å². The van der Waals surface area contributed by atoms with E-state index in [4.69, 9.17) is 4.74 Å². The van der Waals surface area contributed by atoms with Crippen LogP contribution in [-0.4, -0.2) is 42.7 Å². The molecule has 2 aromatic carbocycles. The van der Waals surface area contributed by atoms with Crippen LogP contribution < -0.4 is 15.4 Å². The van der Waals surface area contributed by atoms with Crippen molar-refractivity contribution in [1.82, 2.24) is 15.5 Å². The lowest BCUT2D eigenvalue weighted by Gasteiger charge is -2.32. The molecule has 1 atom stereocenters. The Morgan fingerprint density at radius 1 is 1.04 bits per heavy atom. The predicted octanol–water partition coefficient (Wildman–Crippen LogP) is 2.95. The summed E-state index contributed by atoms with van der Waals surface area (Å²) in [4.78, 5) is 14.7. The van der Waals surface area contributed by atoms with Gasteiger partial charge in [-0.15, -0.1) is 0 Å². The largest absolute Gasteiger partial charge is 0.488 e. The number of hydrogen-bond acceptors (Lipinski definition) is 3. The second-order valence-corrected chi connectivity index (χ2v) is 7.44. The van der Waals surface area contributed by atoms with Gasteiger partial charge in [0.15, 0.2) is 0 Å². The molecule has 2 N–H and O–H groups in total. The quantitative estimate of drug-likeness (QED) is 0.857. The van der Waals surface area contributed by atoms with E-state index in [0.29, 0.717) is 6.54 Å². The Hall–Kier alpha value is -2.53. The van der Waals surface area contributed by atoms with Crippen molar-refractivity contribution < 1.29 is 9.53 Å². The van der Waals surface area contributed by atoms with E-state index in [0.717, 1.165) is 44.6 Å². The van der Waals surface area contributed by atoms with Gasteiger partial charge in [-0.05, 0) is 30.0 Å². The smallest absolute Gasteiger partial charge is 0.315 e. The Balaban J connectivity index is 1.15. The van der Waals surface area contributed by atoms with Crippen molar-refractivity contribution >= 4 is 6.03 Å². The molecule has 5 heteroatoms. The van der Waals surface area contributed by atoms with E-state index in [2.05, 4.69) is 45.9 Å². The van der Waals surface area contributed by atoms with Crippen molar-refractivity contribution in [3.63, 3.8) is 0 Å². The Labute approximate surface area is 160 Å². The average Bonchev–Trinajstić information content (AvgIpc) is 3.12. The fraction of sp³-hybridized carbons (Fsp3) is 0.409. The number of hydrogen-bond donors (Lipinski definition) is 2. The number of likely N-dealkylation sites (tertiary alicyclic amines) is 1. The van der Waals surface area contributed by atoms with Gasteiger partial charge in [0.2, 0.25) is 0 Å². The highest BCUT2D eigenvalue weighted by Crippen LogP contribution is 2.27. The SMILES string of the molecule is O=C(NCC1Cc2ccccc2O1)NC1CCN(Cc2ccccc2)CC1. The lowest BCUT2D eigenvalue weighted by atomic mass is 10.0. The highest BCUT2D eigenvalue weighted by molar-refractivity contribution is 5.74. The fourth-order valence-corrected chi connectivity index (χ4v) is 3.89. The molecule has 142 valence electrons. The molecule has 5 nitrogen and oxygen atoms in total. The van der Waals surface area contributed by atoms with Gasteiger partial charge in [0.05, 0.1) is 6.54 Å². The molecule has 0 aromatic heterocycles. The van der Waals surface area contributed by atoms with Crippen molar-refractivity contribution in [2.75, 3.05) is 19.6 Å². The maximum absolute atomic E-state index is 12.2. The molecule has 0 bridgehead atoms. The van der Waals surface area contributed by atoms with Crippen LogP contribution in [0, 0.1) is 0 Å². The maximum atomic E-state index is 12.2. The molecule has 1 unspecified atom stereocenters. The van der Waals surface area contributed by atoms with E-state index in [1.54, 1.807) is 0 Å². The van der Waals surface area contributed by atoms with Crippen LogP contribution in [0.1, 0.15) is 24.0 Å². The molecule has 27 heavy (non-hydrogen) atoms. The number of piperidine rings is 1. The lowest BCUT2D eigenvalue weighted by molar-refractivity contribution is 0.183. The number of rotatable bonds is 5. The second-order valence-electron chi connectivity index (χ2n) is 7.44. The summed E-state index contributed by atoms with van der Waals surface area (Å²) in [5.41, 5.74) is 2.56. The molecular formula is C22H27N3O2. The number of benzene rings is 2. The summed E-state index contributed by atoms with van der Waals surface area (Å²) in [7, 11) is 0. The van der Waals surface area contributed by atoms with Crippen LogP contribution in [0.2, 0.25) is 0 Å². The molecular weight excluding hydrogens is 338 g/mol. The average molecular weight is 365 g/mol. The zero-order valence-corrected chi connectivity index (χ0v) is 15.6. The van der Waals surface area contributed by atoms with E-state index >= 15 is 0 Å². The van der Waals surface area contributed by atoms with Crippen molar-refractivity contribution in [2.24, 2.45) is 0 Å². The number of ether oxygens (including phenoxy) is 1. The minimum Gasteiger partial charge on any atom is -0.488 e. The molecule has 0 radical (unpaired) electrons. The lowest BCUT2D eigenvalue weighted by Crippen LogP contribution is -2.49. The van der Waals surface area contributed by atoms with E-state index < -0.39 is 0 Å². The van der Waals surface area contributed by atoms with Crippen LogP contribution in [0.25, 0.3) is 0 Å². The normalized spacial score (nSPS) is 19.9. The van der Waals surface area contributed by atoms with Crippen LogP contribution >= 0.6 is 0 Å². The Morgan fingerprint density at radius 2 is 1.78 bits per heavy atom. The van der Waals surface area contributed by atoms with Crippen molar-refractivity contribution in [3.05, 3.63) is 65.7 Å². The topological polar surface area (TPSA) is 53.6 Å². The van der Waals surface area contributed by atoms with E-state index in [-0.39, 0.29) is 18.2 Å². The first-order chi connectivity index (χ1) is 13.3. The molecule has 1 saturated heterocycles. The molecule has 1 fully saturated rings. The first kappa shape index (κ1) is 17.9. The van der Waals surface area contributed by atoms with Gasteiger partial charge in [-0.3, -0.25) is 4.90 Å². The number of amides is 2. The third-order valence-corrected chi connectivity index (χ3v) is 5.38. The zero-order chi connectivity index (χ0) is 18.5. The molecule has 4 rings (SSSR count). The number of carbonyl (C=O) groups is 1.